The zero-order valence-corrected chi connectivity index (χ0v) is 17.8. The van der Waals surface area contributed by atoms with Gasteiger partial charge in [-0.05, 0) is 83.6 Å². The van der Waals surface area contributed by atoms with Gasteiger partial charge in [-0.1, -0.05) is 19.3 Å². The predicted molar refractivity (Wildman–Crippen MR) is 113 cm³/mol. The fourth-order valence-corrected chi connectivity index (χ4v) is 6.23. The van der Waals surface area contributed by atoms with Gasteiger partial charge in [0.1, 0.15) is 0 Å². The van der Waals surface area contributed by atoms with E-state index in [-0.39, 0.29) is 0 Å². The molecule has 1 spiro atoms. The van der Waals surface area contributed by atoms with E-state index in [0.29, 0.717) is 11.0 Å². The second kappa shape index (κ2) is 8.28. The summed E-state index contributed by atoms with van der Waals surface area (Å²) < 4.78 is 0. The molecule has 3 saturated heterocycles. The van der Waals surface area contributed by atoms with E-state index in [1.807, 2.05) is 7.05 Å². The van der Waals surface area contributed by atoms with Crippen LogP contribution in [-0.2, 0) is 0 Å². The highest BCUT2D eigenvalue weighted by atomic mass is 15.3. The fraction of sp³-hybridized carbons (Fsp3) is 0.955. The van der Waals surface area contributed by atoms with Crippen LogP contribution in [0.5, 0.6) is 0 Å². The summed E-state index contributed by atoms with van der Waals surface area (Å²) in [7, 11) is 4.25. The highest BCUT2D eigenvalue weighted by Gasteiger charge is 2.43. The number of piperidine rings is 2. The predicted octanol–water partition coefficient (Wildman–Crippen LogP) is 2.78. The normalized spacial score (nSPS) is 29.6. The molecule has 0 amide bonds. The summed E-state index contributed by atoms with van der Waals surface area (Å²) in [5, 5.41) is 3.86. The molecule has 5 heteroatoms. The van der Waals surface area contributed by atoms with Gasteiger partial charge >= 0.3 is 0 Å². The number of hydrogen-bond donors (Lipinski definition) is 1. The number of nitrogens with zero attached hydrogens (tertiary/aromatic N) is 4. The van der Waals surface area contributed by atoms with Gasteiger partial charge in [-0.15, -0.1) is 0 Å². The summed E-state index contributed by atoms with van der Waals surface area (Å²) in [6.07, 6.45) is 13.9. The molecule has 0 radical (unpaired) electrons. The summed E-state index contributed by atoms with van der Waals surface area (Å²) in [6.45, 7) is 8.52. The van der Waals surface area contributed by atoms with Crippen LogP contribution in [0, 0.1) is 5.41 Å². The number of rotatable bonds is 3. The molecule has 1 N–H and O–H groups in total. The van der Waals surface area contributed by atoms with Crippen molar-refractivity contribution >= 4 is 5.96 Å². The van der Waals surface area contributed by atoms with E-state index < -0.39 is 0 Å². The van der Waals surface area contributed by atoms with Gasteiger partial charge in [-0.3, -0.25) is 9.89 Å². The Morgan fingerprint density at radius 1 is 0.852 bits per heavy atom. The standard InChI is InChI=1S/C22H41N5/c1-23-20(26-17-10-21(19-26)8-4-5-9-21)24-18-22(11-15-25(2)16-12-22)27-13-6-3-7-14-27/h3-19H2,1-2H3,(H,23,24). The largest absolute Gasteiger partial charge is 0.354 e. The fourth-order valence-electron chi connectivity index (χ4n) is 6.23. The van der Waals surface area contributed by atoms with Crippen molar-refractivity contribution in [1.82, 2.24) is 20.0 Å². The van der Waals surface area contributed by atoms with Crippen LogP contribution in [-0.4, -0.2) is 86.1 Å². The van der Waals surface area contributed by atoms with Crippen LogP contribution >= 0.6 is 0 Å². The Bertz CT molecular complexity index is 511. The zero-order valence-electron chi connectivity index (χ0n) is 17.8. The molecule has 0 unspecified atom stereocenters. The van der Waals surface area contributed by atoms with Crippen LogP contribution in [0.4, 0.5) is 0 Å². The Morgan fingerprint density at radius 3 is 2.22 bits per heavy atom. The van der Waals surface area contributed by atoms with E-state index in [0.717, 1.165) is 12.5 Å². The molecule has 1 aliphatic carbocycles. The molecule has 3 heterocycles. The highest BCUT2D eigenvalue weighted by molar-refractivity contribution is 5.80. The number of hydrogen-bond acceptors (Lipinski definition) is 3. The molecule has 0 aromatic carbocycles. The van der Waals surface area contributed by atoms with Gasteiger partial charge in [0.15, 0.2) is 5.96 Å². The average Bonchev–Trinajstić information content (AvgIpc) is 3.35. The average molecular weight is 376 g/mol. The zero-order chi connectivity index (χ0) is 18.7. The Balaban J connectivity index is 1.40. The minimum absolute atomic E-state index is 0.327. The van der Waals surface area contributed by atoms with Crippen molar-refractivity contribution in [3.8, 4) is 0 Å². The molecule has 3 aliphatic heterocycles. The lowest BCUT2D eigenvalue weighted by atomic mass is 9.84. The number of nitrogens with one attached hydrogen (secondary N) is 1. The minimum atomic E-state index is 0.327. The molecule has 0 atom stereocenters. The quantitative estimate of drug-likeness (QED) is 0.608. The van der Waals surface area contributed by atoms with Crippen LogP contribution in [0.3, 0.4) is 0 Å². The van der Waals surface area contributed by atoms with Crippen molar-refractivity contribution in [2.24, 2.45) is 10.4 Å². The van der Waals surface area contributed by atoms with Gasteiger partial charge in [-0.25, -0.2) is 0 Å². The second-order valence-electron chi connectivity index (χ2n) is 9.85. The third-order valence-corrected chi connectivity index (χ3v) is 8.13. The van der Waals surface area contributed by atoms with Gasteiger partial charge in [0, 0.05) is 32.2 Å². The summed E-state index contributed by atoms with van der Waals surface area (Å²) in [5.41, 5.74) is 0.934. The molecule has 5 nitrogen and oxygen atoms in total. The molecule has 4 rings (SSSR count). The first-order chi connectivity index (χ1) is 13.1. The van der Waals surface area contributed by atoms with E-state index >= 15 is 0 Å². The smallest absolute Gasteiger partial charge is 0.193 e. The monoisotopic (exact) mass is 375 g/mol. The number of guanidine groups is 1. The van der Waals surface area contributed by atoms with Crippen molar-refractivity contribution in [2.45, 2.75) is 69.7 Å². The lowest BCUT2D eigenvalue weighted by Gasteiger charge is -2.50. The first kappa shape index (κ1) is 19.5. The lowest BCUT2D eigenvalue weighted by Crippen LogP contribution is -2.62. The topological polar surface area (TPSA) is 34.1 Å². The van der Waals surface area contributed by atoms with Crippen molar-refractivity contribution in [2.75, 3.05) is 59.9 Å². The van der Waals surface area contributed by atoms with E-state index in [2.05, 4.69) is 27.1 Å². The molecular weight excluding hydrogens is 334 g/mol. The lowest BCUT2D eigenvalue weighted by molar-refractivity contribution is 0.0169. The Kier molecular flexibility index (Phi) is 5.98. The molecule has 1 saturated carbocycles. The Labute approximate surface area is 166 Å². The van der Waals surface area contributed by atoms with Gasteiger partial charge < -0.3 is 15.1 Å². The summed E-state index contributed by atoms with van der Waals surface area (Å²) >= 11 is 0. The molecular formula is C22H41N5. The summed E-state index contributed by atoms with van der Waals surface area (Å²) in [6, 6.07) is 0. The maximum atomic E-state index is 4.70. The van der Waals surface area contributed by atoms with Crippen LogP contribution in [0.25, 0.3) is 0 Å². The molecule has 27 heavy (non-hydrogen) atoms. The van der Waals surface area contributed by atoms with E-state index in [9.17, 15) is 0 Å². The maximum absolute atomic E-state index is 4.70. The van der Waals surface area contributed by atoms with Gasteiger partial charge in [-0.2, -0.15) is 0 Å². The van der Waals surface area contributed by atoms with E-state index in [4.69, 9.17) is 4.99 Å². The van der Waals surface area contributed by atoms with Gasteiger partial charge in [0.2, 0.25) is 0 Å². The second-order valence-corrected chi connectivity index (χ2v) is 9.85. The van der Waals surface area contributed by atoms with Crippen molar-refractivity contribution in [1.29, 1.82) is 0 Å². The summed E-state index contributed by atoms with van der Waals surface area (Å²) in [4.78, 5) is 12.6. The first-order valence-corrected chi connectivity index (χ1v) is 11.5. The van der Waals surface area contributed by atoms with Crippen LogP contribution in [0.2, 0.25) is 0 Å². The van der Waals surface area contributed by atoms with E-state index in [1.54, 1.807) is 0 Å². The molecule has 4 fully saturated rings. The first-order valence-electron chi connectivity index (χ1n) is 11.5. The van der Waals surface area contributed by atoms with Crippen LogP contribution < -0.4 is 5.32 Å². The molecule has 0 aromatic heterocycles. The van der Waals surface area contributed by atoms with Gasteiger partial charge in [0.25, 0.3) is 0 Å². The van der Waals surface area contributed by atoms with Crippen molar-refractivity contribution in [3.63, 3.8) is 0 Å². The SMILES string of the molecule is CN=C(NCC1(N2CCCCC2)CCN(C)CC1)N1CCC2(CCCC2)C1. The third kappa shape index (κ3) is 4.14. The highest BCUT2D eigenvalue weighted by Crippen LogP contribution is 2.45. The van der Waals surface area contributed by atoms with Crippen LogP contribution in [0.15, 0.2) is 4.99 Å². The molecule has 0 aromatic rings. The maximum Gasteiger partial charge on any atom is 0.193 e. The summed E-state index contributed by atoms with van der Waals surface area (Å²) in [5.74, 6) is 1.16. The van der Waals surface area contributed by atoms with Crippen molar-refractivity contribution in [3.05, 3.63) is 0 Å². The number of aliphatic imine (C=N–C) groups is 1. The van der Waals surface area contributed by atoms with Crippen molar-refractivity contribution < 1.29 is 0 Å². The van der Waals surface area contributed by atoms with E-state index in [1.165, 1.54) is 103 Å². The Hall–Kier alpha value is -0.810. The third-order valence-electron chi connectivity index (χ3n) is 8.13. The number of likely N-dealkylation sites (tertiary alicyclic amines) is 3. The molecule has 4 aliphatic rings. The van der Waals surface area contributed by atoms with Crippen LogP contribution in [0.1, 0.15) is 64.2 Å². The van der Waals surface area contributed by atoms with Gasteiger partial charge in [0.05, 0.1) is 0 Å². The molecule has 154 valence electrons. The minimum Gasteiger partial charge on any atom is -0.354 e. The Morgan fingerprint density at radius 2 is 1.56 bits per heavy atom. The molecule has 0 bridgehead atoms.